The summed E-state index contributed by atoms with van der Waals surface area (Å²) in [5.41, 5.74) is 0. The van der Waals surface area contributed by atoms with Gasteiger partial charge >= 0.3 is 0 Å². The predicted octanol–water partition coefficient (Wildman–Crippen LogP) is 2.37. The Bertz CT molecular complexity index is 263. The molecule has 0 heterocycles. The summed E-state index contributed by atoms with van der Waals surface area (Å²) in [6, 6.07) is 9.47. The van der Waals surface area contributed by atoms with Gasteiger partial charge in [0.1, 0.15) is 5.75 Å². The van der Waals surface area contributed by atoms with Gasteiger partial charge in [-0.05, 0) is 12.1 Å². The Morgan fingerprint density at radius 3 is 2.67 bits per heavy atom. The molecule has 1 rings (SSSR count). The number of para-hydroxylation sites is 1. The number of nitrogens with zero attached hydrogens (tertiary/aromatic N) is 1. The van der Waals surface area contributed by atoms with E-state index < -0.39 is 0 Å². The molecule has 2 nitrogen and oxygen atoms in total. The summed E-state index contributed by atoms with van der Waals surface area (Å²) >= 11 is 0. The highest BCUT2D eigenvalue weighted by atomic mass is 16.5. The van der Waals surface area contributed by atoms with E-state index in [-0.39, 0.29) is 6.04 Å². The lowest BCUT2D eigenvalue weighted by Crippen LogP contribution is -2.09. The van der Waals surface area contributed by atoms with Crippen molar-refractivity contribution < 1.29 is 4.74 Å². The number of benzene rings is 1. The Hall–Kier alpha value is -1.49. The van der Waals surface area contributed by atoms with E-state index in [1.165, 1.54) is 0 Å². The molecule has 0 aromatic heterocycles. The molecule has 0 saturated heterocycles. The van der Waals surface area contributed by atoms with Gasteiger partial charge in [0.15, 0.2) is 6.61 Å². The average Bonchev–Trinajstić information content (AvgIpc) is 2.16. The van der Waals surface area contributed by atoms with Gasteiger partial charge in [-0.3, -0.25) is 0 Å². The minimum Gasteiger partial charge on any atom is -0.485 e. The standard InChI is InChI=1S/C10H11NO/c1-9(11-2)8-12-10-6-4-3-5-7-10/h3-7,9H,8H2,1H3. The molecule has 0 fully saturated rings. The molecular weight excluding hydrogens is 150 g/mol. The number of rotatable bonds is 3. The smallest absolute Gasteiger partial charge is 0.254 e. The van der Waals surface area contributed by atoms with Gasteiger partial charge in [0.25, 0.3) is 6.04 Å². The van der Waals surface area contributed by atoms with E-state index in [4.69, 9.17) is 11.3 Å². The van der Waals surface area contributed by atoms with E-state index in [1.807, 2.05) is 37.3 Å². The van der Waals surface area contributed by atoms with Crippen molar-refractivity contribution in [3.05, 3.63) is 41.7 Å². The summed E-state index contributed by atoms with van der Waals surface area (Å²) in [5.74, 6) is 0.827. The van der Waals surface area contributed by atoms with Crippen molar-refractivity contribution in [2.75, 3.05) is 6.61 Å². The summed E-state index contributed by atoms with van der Waals surface area (Å²) in [7, 11) is 0. The van der Waals surface area contributed by atoms with Crippen LogP contribution in [0.15, 0.2) is 30.3 Å². The van der Waals surface area contributed by atoms with Crippen molar-refractivity contribution in [3.8, 4) is 5.75 Å². The van der Waals surface area contributed by atoms with E-state index in [0.29, 0.717) is 6.61 Å². The SMILES string of the molecule is [C-]#[N+]C(C)COc1ccccc1. The Labute approximate surface area is 72.6 Å². The fourth-order valence-corrected chi connectivity index (χ4v) is 0.771. The first kappa shape index (κ1) is 8.61. The normalized spacial score (nSPS) is 11.7. The molecule has 0 spiro atoms. The van der Waals surface area contributed by atoms with Crippen LogP contribution in [-0.4, -0.2) is 12.6 Å². The first-order valence-electron chi connectivity index (χ1n) is 3.87. The highest BCUT2D eigenvalue weighted by molar-refractivity contribution is 5.20. The first-order chi connectivity index (χ1) is 5.83. The molecule has 0 aliphatic rings. The summed E-state index contributed by atoms with van der Waals surface area (Å²) in [5, 5.41) is 0. The maximum atomic E-state index is 6.72. The molecule has 62 valence electrons. The lowest BCUT2D eigenvalue weighted by Gasteiger charge is -2.03. The van der Waals surface area contributed by atoms with E-state index in [2.05, 4.69) is 4.85 Å². The highest BCUT2D eigenvalue weighted by Crippen LogP contribution is 2.08. The molecule has 0 saturated carbocycles. The number of hydrogen-bond donors (Lipinski definition) is 0. The van der Waals surface area contributed by atoms with Crippen LogP contribution < -0.4 is 4.74 Å². The number of ether oxygens (including phenoxy) is 1. The van der Waals surface area contributed by atoms with Crippen LogP contribution in [0.25, 0.3) is 4.85 Å². The van der Waals surface area contributed by atoms with Crippen LogP contribution in [0.2, 0.25) is 0 Å². The first-order valence-corrected chi connectivity index (χ1v) is 3.87. The van der Waals surface area contributed by atoms with E-state index >= 15 is 0 Å². The Kier molecular flexibility index (Phi) is 3.16. The molecule has 1 atom stereocenters. The van der Waals surface area contributed by atoms with Gasteiger partial charge in [0.2, 0.25) is 0 Å². The molecule has 1 aromatic rings. The third kappa shape index (κ3) is 2.63. The number of hydrogen-bond acceptors (Lipinski definition) is 1. The quantitative estimate of drug-likeness (QED) is 0.620. The topological polar surface area (TPSA) is 13.6 Å². The molecule has 0 aliphatic heterocycles. The van der Waals surface area contributed by atoms with Crippen LogP contribution in [0.3, 0.4) is 0 Å². The fraction of sp³-hybridized carbons (Fsp3) is 0.300. The maximum Gasteiger partial charge on any atom is 0.254 e. The maximum absolute atomic E-state index is 6.72. The van der Waals surface area contributed by atoms with E-state index in [0.717, 1.165) is 5.75 Å². The van der Waals surface area contributed by atoms with Gasteiger partial charge in [-0.2, -0.15) is 0 Å². The summed E-state index contributed by atoms with van der Waals surface area (Å²) in [4.78, 5) is 3.33. The van der Waals surface area contributed by atoms with Crippen LogP contribution in [0.1, 0.15) is 6.92 Å². The molecule has 1 unspecified atom stereocenters. The molecule has 0 radical (unpaired) electrons. The van der Waals surface area contributed by atoms with Gasteiger partial charge in [0, 0.05) is 6.92 Å². The summed E-state index contributed by atoms with van der Waals surface area (Å²) < 4.78 is 5.34. The molecule has 0 amide bonds. The second-order valence-corrected chi connectivity index (χ2v) is 2.60. The second-order valence-electron chi connectivity index (χ2n) is 2.60. The Balaban J connectivity index is 2.40. The van der Waals surface area contributed by atoms with Crippen molar-refractivity contribution in [1.82, 2.24) is 0 Å². The van der Waals surface area contributed by atoms with E-state index in [1.54, 1.807) is 0 Å². The molecule has 0 aliphatic carbocycles. The van der Waals surface area contributed by atoms with Gasteiger partial charge in [-0.25, -0.2) is 6.57 Å². The Morgan fingerprint density at radius 1 is 1.42 bits per heavy atom. The monoisotopic (exact) mass is 161 g/mol. The third-order valence-corrected chi connectivity index (χ3v) is 1.45. The average molecular weight is 161 g/mol. The van der Waals surface area contributed by atoms with Crippen molar-refractivity contribution in [3.63, 3.8) is 0 Å². The predicted molar refractivity (Wildman–Crippen MR) is 48.0 cm³/mol. The van der Waals surface area contributed by atoms with Crippen LogP contribution in [-0.2, 0) is 0 Å². The van der Waals surface area contributed by atoms with Crippen molar-refractivity contribution in [2.45, 2.75) is 13.0 Å². The lowest BCUT2D eigenvalue weighted by molar-refractivity contribution is 0.310. The zero-order valence-electron chi connectivity index (χ0n) is 7.03. The largest absolute Gasteiger partial charge is 0.485 e. The van der Waals surface area contributed by atoms with Gasteiger partial charge in [0.05, 0.1) is 0 Å². The Morgan fingerprint density at radius 2 is 2.08 bits per heavy atom. The van der Waals surface area contributed by atoms with Crippen LogP contribution in [0.5, 0.6) is 5.75 Å². The minimum absolute atomic E-state index is 0.0646. The molecule has 0 N–H and O–H groups in total. The molecule has 1 aromatic carbocycles. The zero-order valence-corrected chi connectivity index (χ0v) is 7.03. The van der Waals surface area contributed by atoms with Crippen LogP contribution in [0.4, 0.5) is 0 Å². The minimum atomic E-state index is -0.0646. The second kappa shape index (κ2) is 4.40. The lowest BCUT2D eigenvalue weighted by atomic mass is 10.3. The molecule has 0 bridgehead atoms. The molecular formula is C10H11NO. The fourth-order valence-electron chi connectivity index (χ4n) is 0.771. The van der Waals surface area contributed by atoms with Crippen molar-refractivity contribution >= 4 is 0 Å². The third-order valence-electron chi connectivity index (χ3n) is 1.45. The van der Waals surface area contributed by atoms with Gasteiger partial charge in [-0.1, -0.05) is 18.2 Å². The van der Waals surface area contributed by atoms with Crippen LogP contribution in [0, 0.1) is 6.57 Å². The van der Waals surface area contributed by atoms with Gasteiger partial charge in [-0.15, -0.1) is 0 Å². The van der Waals surface area contributed by atoms with Gasteiger partial charge < -0.3 is 9.58 Å². The van der Waals surface area contributed by atoms with Crippen molar-refractivity contribution in [2.24, 2.45) is 0 Å². The van der Waals surface area contributed by atoms with E-state index in [9.17, 15) is 0 Å². The highest BCUT2D eigenvalue weighted by Gasteiger charge is 2.03. The van der Waals surface area contributed by atoms with Crippen LogP contribution >= 0.6 is 0 Å². The summed E-state index contributed by atoms with van der Waals surface area (Å²) in [6.45, 7) is 9.03. The zero-order chi connectivity index (χ0) is 8.81. The summed E-state index contributed by atoms with van der Waals surface area (Å²) in [6.07, 6.45) is 0. The molecule has 2 heteroatoms. The van der Waals surface area contributed by atoms with Crippen molar-refractivity contribution in [1.29, 1.82) is 0 Å². The molecule has 12 heavy (non-hydrogen) atoms.